The highest BCUT2D eigenvalue weighted by atomic mass is 16.5. The highest BCUT2D eigenvalue weighted by Crippen LogP contribution is 2.27. The van der Waals surface area contributed by atoms with Gasteiger partial charge in [0.25, 0.3) is 0 Å². The van der Waals surface area contributed by atoms with Gasteiger partial charge < -0.3 is 15.0 Å². The molecule has 0 saturated carbocycles. The van der Waals surface area contributed by atoms with Gasteiger partial charge in [-0.2, -0.15) is 0 Å². The zero-order chi connectivity index (χ0) is 18.5. The van der Waals surface area contributed by atoms with E-state index in [0.29, 0.717) is 25.9 Å². The van der Waals surface area contributed by atoms with E-state index in [9.17, 15) is 9.59 Å². The molecule has 1 aliphatic rings. The van der Waals surface area contributed by atoms with E-state index in [0.717, 1.165) is 22.4 Å². The molecule has 3 rings (SSSR count). The maximum Gasteiger partial charge on any atom is 0.247 e. The van der Waals surface area contributed by atoms with Gasteiger partial charge in [-0.25, -0.2) is 0 Å². The van der Waals surface area contributed by atoms with Gasteiger partial charge in [0.1, 0.15) is 11.8 Å². The van der Waals surface area contributed by atoms with Crippen molar-refractivity contribution in [2.75, 3.05) is 20.2 Å². The van der Waals surface area contributed by atoms with Crippen LogP contribution in [0.3, 0.4) is 0 Å². The standard InChI is InChI=1S/C21H24N2O3/c1-15-6-3-4-9-18(15)20-21(25)22-12-13-23(20)19(24)11-10-16-7-5-8-17(14-16)26-2/h3-9,14,20H,10-13H2,1-2H3,(H,22,25). The zero-order valence-electron chi connectivity index (χ0n) is 15.2. The predicted molar refractivity (Wildman–Crippen MR) is 100.0 cm³/mol. The summed E-state index contributed by atoms with van der Waals surface area (Å²) in [4.78, 5) is 27.1. The lowest BCUT2D eigenvalue weighted by Gasteiger charge is -2.36. The molecule has 0 bridgehead atoms. The number of benzene rings is 2. The van der Waals surface area contributed by atoms with Crippen molar-refractivity contribution in [2.45, 2.75) is 25.8 Å². The maximum atomic E-state index is 12.9. The smallest absolute Gasteiger partial charge is 0.247 e. The number of carbonyl (C=O) groups excluding carboxylic acids is 2. The molecular formula is C21H24N2O3. The zero-order valence-corrected chi connectivity index (χ0v) is 15.2. The summed E-state index contributed by atoms with van der Waals surface area (Å²) >= 11 is 0. The summed E-state index contributed by atoms with van der Waals surface area (Å²) in [5, 5.41) is 2.88. The summed E-state index contributed by atoms with van der Waals surface area (Å²) in [5.41, 5.74) is 2.95. The Hall–Kier alpha value is -2.82. The van der Waals surface area contributed by atoms with E-state index in [4.69, 9.17) is 4.74 Å². The normalized spacial score (nSPS) is 16.9. The highest BCUT2D eigenvalue weighted by molar-refractivity contribution is 5.90. The molecule has 2 aromatic rings. The van der Waals surface area contributed by atoms with Crippen LogP contribution in [-0.2, 0) is 16.0 Å². The number of methoxy groups -OCH3 is 1. The van der Waals surface area contributed by atoms with Gasteiger partial charge in [-0.15, -0.1) is 0 Å². The molecule has 0 radical (unpaired) electrons. The SMILES string of the molecule is COc1cccc(CCC(=O)N2CCNC(=O)C2c2ccccc2C)c1. The molecule has 1 aliphatic heterocycles. The number of carbonyl (C=O) groups is 2. The largest absolute Gasteiger partial charge is 0.497 e. The Kier molecular flexibility index (Phi) is 5.56. The van der Waals surface area contributed by atoms with E-state index in [2.05, 4.69) is 5.32 Å². The number of nitrogens with zero attached hydrogens (tertiary/aromatic N) is 1. The molecule has 0 aliphatic carbocycles. The number of nitrogens with one attached hydrogen (secondary N) is 1. The molecule has 1 atom stereocenters. The van der Waals surface area contributed by atoms with Crippen molar-refractivity contribution in [3.05, 3.63) is 65.2 Å². The summed E-state index contributed by atoms with van der Waals surface area (Å²) in [6.07, 6.45) is 0.984. The number of amides is 2. The molecule has 5 heteroatoms. The molecule has 1 saturated heterocycles. The quantitative estimate of drug-likeness (QED) is 0.900. The van der Waals surface area contributed by atoms with E-state index >= 15 is 0 Å². The molecule has 1 heterocycles. The Morgan fingerprint density at radius 3 is 2.81 bits per heavy atom. The van der Waals surface area contributed by atoms with Gasteiger partial charge in [0, 0.05) is 19.5 Å². The monoisotopic (exact) mass is 352 g/mol. The topological polar surface area (TPSA) is 58.6 Å². The van der Waals surface area contributed by atoms with Crippen molar-refractivity contribution < 1.29 is 14.3 Å². The van der Waals surface area contributed by atoms with Crippen LogP contribution in [0.5, 0.6) is 5.75 Å². The number of ether oxygens (including phenoxy) is 1. The second-order valence-electron chi connectivity index (χ2n) is 6.49. The fraction of sp³-hybridized carbons (Fsp3) is 0.333. The minimum atomic E-state index is -0.553. The second-order valence-corrected chi connectivity index (χ2v) is 6.49. The molecule has 26 heavy (non-hydrogen) atoms. The van der Waals surface area contributed by atoms with Gasteiger partial charge in [-0.3, -0.25) is 9.59 Å². The van der Waals surface area contributed by atoms with Crippen LogP contribution in [0.25, 0.3) is 0 Å². The average Bonchev–Trinajstić information content (AvgIpc) is 2.67. The summed E-state index contributed by atoms with van der Waals surface area (Å²) in [6.45, 7) is 2.99. The van der Waals surface area contributed by atoms with Crippen LogP contribution in [0.15, 0.2) is 48.5 Å². The number of rotatable bonds is 5. The molecular weight excluding hydrogens is 328 g/mol. The van der Waals surface area contributed by atoms with Crippen molar-refractivity contribution in [3.63, 3.8) is 0 Å². The predicted octanol–water partition coefficient (Wildman–Crippen LogP) is 2.64. The van der Waals surface area contributed by atoms with Crippen LogP contribution in [0.2, 0.25) is 0 Å². The molecule has 2 amide bonds. The lowest BCUT2D eigenvalue weighted by atomic mass is 9.97. The number of piperazine rings is 1. The molecule has 1 unspecified atom stereocenters. The Morgan fingerprint density at radius 2 is 2.04 bits per heavy atom. The van der Waals surface area contributed by atoms with Crippen molar-refractivity contribution >= 4 is 11.8 Å². The minimum Gasteiger partial charge on any atom is -0.497 e. The van der Waals surface area contributed by atoms with Crippen LogP contribution in [0.4, 0.5) is 0 Å². The molecule has 1 N–H and O–H groups in total. The molecule has 0 aromatic heterocycles. The van der Waals surface area contributed by atoms with Crippen LogP contribution in [0, 0.1) is 6.92 Å². The first-order valence-electron chi connectivity index (χ1n) is 8.86. The third kappa shape index (κ3) is 3.87. The lowest BCUT2D eigenvalue weighted by Crippen LogP contribution is -2.52. The van der Waals surface area contributed by atoms with Crippen molar-refractivity contribution in [2.24, 2.45) is 0 Å². The Balaban J connectivity index is 1.75. The molecule has 0 spiro atoms. The third-order valence-electron chi connectivity index (χ3n) is 4.78. The number of aryl methyl sites for hydroxylation is 2. The van der Waals surface area contributed by atoms with E-state index in [1.807, 2.05) is 55.5 Å². The van der Waals surface area contributed by atoms with Crippen LogP contribution < -0.4 is 10.1 Å². The van der Waals surface area contributed by atoms with Gasteiger partial charge in [0.2, 0.25) is 11.8 Å². The highest BCUT2D eigenvalue weighted by Gasteiger charge is 2.34. The first-order chi connectivity index (χ1) is 12.6. The minimum absolute atomic E-state index is 0.00378. The van der Waals surface area contributed by atoms with Gasteiger partial charge in [0.15, 0.2) is 0 Å². The second kappa shape index (κ2) is 8.04. The van der Waals surface area contributed by atoms with E-state index in [-0.39, 0.29) is 11.8 Å². The van der Waals surface area contributed by atoms with Crippen LogP contribution >= 0.6 is 0 Å². The first-order valence-corrected chi connectivity index (χ1v) is 8.86. The van der Waals surface area contributed by atoms with Crippen LogP contribution in [0.1, 0.15) is 29.2 Å². The Bertz CT molecular complexity index is 803. The third-order valence-corrected chi connectivity index (χ3v) is 4.78. The Morgan fingerprint density at radius 1 is 1.23 bits per heavy atom. The lowest BCUT2D eigenvalue weighted by molar-refractivity contribution is -0.143. The fourth-order valence-electron chi connectivity index (χ4n) is 3.36. The summed E-state index contributed by atoms with van der Waals surface area (Å²) in [7, 11) is 1.63. The van der Waals surface area contributed by atoms with Crippen molar-refractivity contribution in [1.29, 1.82) is 0 Å². The van der Waals surface area contributed by atoms with E-state index < -0.39 is 6.04 Å². The number of hydrogen-bond acceptors (Lipinski definition) is 3. The molecule has 1 fully saturated rings. The van der Waals surface area contributed by atoms with Gasteiger partial charge in [-0.1, -0.05) is 36.4 Å². The first kappa shape index (κ1) is 18.0. The van der Waals surface area contributed by atoms with Gasteiger partial charge in [0.05, 0.1) is 7.11 Å². The summed E-state index contributed by atoms with van der Waals surface area (Å²) in [5.74, 6) is 0.668. The molecule has 5 nitrogen and oxygen atoms in total. The molecule has 136 valence electrons. The van der Waals surface area contributed by atoms with Crippen LogP contribution in [-0.4, -0.2) is 36.9 Å². The van der Waals surface area contributed by atoms with E-state index in [1.165, 1.54) is 0 Å². The summed E-state index contributed by atoms with van der Waals surface area (Å²) in [6, 6.07) is 14.9. The summed E-state index contributed by atoms with van der Waals surface area (Å²) < 4.78 is 5.23. The Labute approximate surface area is 154 Å². The molecule has 2 aromatic carbocycles. The fourth-order valence-corrected chi connectivity index (χ4v) is 3.36. The van der Waals surface area contributed by atoms with Crippen molar-refractivity contribution in [3.8, 4) is 5.75 Å². The number of hydrogen-bond donors (Lipinski definition) is 1. The van der Waals surface area contributed by atoms with Gasteiger partial charge >= 0.3 is 0 Å². The van der Waals surface area contributed by atoms with Crippen molar-refractivity contribution in [1.82, 2.24) is 10.2 Å². The average molecular weight is 352 g/mol. The van der Waals surface area contributed by atoms with Gasteiger partial charge in [-0.05, 0) is 42.2 Å². The maximum absolute atomic E-state index is 12.9. The van der Waals surface area contributed by atoms with E-state index in [1.54, 1.807) is 12.0 Å².